The molecule has 3 nitrogen and oxygen atoms in total. The molecule has 2 aromatic rings. The third-order valence-electron chi connectivity index (χ3n) is 3.97. The molecular formula is C16H20N2OS. The standard InChI is InChI=1S/C16H20N2OS/c1-12-11-20-9-8-18(12)16(19)7-6-13-10-17-15-5-3-2-4-14(13)15/h2-5,10,12,17H,6-9,11H2,1H3. The summed E-state index contributed by atoms with van der Waals surface area (Å²) in [5, 5.41) is 1.24. The summed E-state index contributed by atoms with van der Waals surface area (Å²) in [6.45, 7) is 3.05. The zero-order chi connectivity index (χ0) is 13.9. The summed E-state index contributed by atoms with van der Waals surface area (Å²) in [7, 11) is 0. The highest BCUT2D eigenvalue weighted by atomic mass is 32.2. The molecule has 3 rings (SSSR count). The van der Waals surface area contributed by atoms with Crippen LogP contribution in [0, 0.1) is 0 Å². The van der Waals surface area contributed by atoms with Gasteiger partial charge < -0.3 is 9.88 Å². The van der Waals surface area contributed by atoms with Crippen molar-refractivity contribution in [2.75, 3.05) is 18.1 Å². The first kappa shape index (κ1) is 13.6. The van der Waals surface area contributed by atoms with Gasteiger partial charge in [0.2, 0.25) is 5.91 Å². The van der Waals surface area contributed by atoms with Crippen LogP contribution in [0.2, 0.25) is 0 Å². The Morgan fingerprint density at radius 3 is 3.15 bits per heavy atom. The largest absolute Gasteiger partial charge is 0.361 e. The normalized spacial score (nSPS) is 19.4. The zero-order valence-corrected chi connectivity index (χ0v) is 12.6. The molecule has 1 aromatic carbocycles. The molecule has 106 valence electrons. The van der Waals surface area contributed by atoms with Gasteiger partial charge in [-0.15, -0.1) is 0 Å². The van der Waals surface area contributed by atoms with Crippen molar-refractivity contribution >= 4 is 28.6 Å². The SMILES string of the molecule is CC1CSCCN1C(=O)CCc1c[nH]c2ccccc12. The highest BCUT2D eigenvalue weighted by molar-refractivity contribution is 7.99. The molecule has 1 fully saturated rings. The van der Waals surface area contributed by atoms with E-state index in [1.807, 2.05) is 35.0 Å². The second kappa shape index (κ2) is 5.92. The van der Waals surface area contributed by atoms with Crippen molar-refractivity contribution in [1.82, 2.24) is 9.88 Å². The Kier molecular flexibility index (Phi) is 4.01. The summed E-state index contributed by atoms with van der Waals surface area (Å²) in [4.78, 5) is 17.7. The first-order valence-corrected chi connectivity index (χ1v) is 8.33. The van der Waals surface area contributed by atoms with Crippen molar-refractivity contribution < 1.29 is 4.79 Å². The molecular weight excluding hydrogens is 268 g/mol. The van der Waals surface area contributed by atoms with Gasteiger partial charge in [0.1, 0.15) is 0 Å². The summed E-state index contributed by atoms with van der Waals surface area (Å²) in [6.07, 6.45) is 3.46. The maximum Gasteiger partial charge on any atom is 0.223 e. The number of aryl methyl sites for hydroxylation is 1. The topological polar surface area (TPSA) is 36.1 Å². The van der Waals surface area contributed by atoms with Gasteiger partial charge in [-0.05, 0) is 25.0 Å². The lowest BCUT2D eigenvalue weighted by Gasteiger charge is -2.33. The molecule has 1 aliphatic rings. The number of thioether (sulfide) groups is 1. The number of nitrogens with zero attached hydrogens (tertiary/aromatic N) is 1. The van der Waals surface area contributed by atoms with Gasteiger partial charge in [0.25, 0.3) is 0 Å². The van der Waals surface area contributed by atoms with Crippen LogP contribution in [-0.4, -0.2) is 39.9 Å². The van der Waals surface area contributed by atoms with Crippen LogP contribution in [0.25, 0.3) is 10.9 Å². The Labute approximate surface area is 123 Å². The lowest BCUT2D eigenvalue weighted by atomic mass is 10.1. The number of rotatable bonds is 3. The molecule has 4 heteroatoms. The Balaban J connectivity index is 1.65. The number of aromatic nitrogens is 1. The number of carbonyl (C=O) groups excluding carboxylic acids is 1. The quantitative estimate of drug-likeness (QED) is 0.942. The number of para-hydroxylation sites is 1. The first-order chi connectivity index (χ1) is 9.75. The fourth-order valence-electron chi connectivity index (χ4n) is 2.82. The van der Waals surface area contributed by atoms with E-state index in [2.05, 4.69) is 24.0 Å². The molecule has 0 bridgehead atoms. The average Bonchev–Trinajstić information content (AvgIpc) is 2.88. The Morgan fingerprint density at radius 1 is 1.45 bits per heavy atom. The molecule has 0 spiro atoms. The molecule has 20 heavy (non-hydrogen) atoms. The third-order valence-corrected chi connectivity index (χ3v) is 5.16. The molecule has 1 aromatic heterocycles. The van der Waals surface area contributed by atoms with Crippen LogP contribution in [-0.2, 0) is 11.2 Å². The number of fused-ring (bicyclic) bond motifs is 1. The molecule has 0 saturated carbocycles. The van der Waals surface area contributed by atoms with Crippen LogP contribution in [0.5, 0.6) is 0 Å². The van der Waals surface area contributed by atoms with E-state index in [4.69, 9.17) is 0 Å². The highest BCUT2D eigenvalue weighted by Crippen LogP contribution is 2.21. The van der Waals surface area contributed by atoms with E-state index in [9.17, 15) is 4.79 Å². The van der Waals surface area contributed by atoms with Gasteiger partial charge in [0.05, 0.1) is 0 Å². The van der Waals surface area contributed by atoms with E-state index in [0.29, 0.717) is 18.4 Å². The van der Waals surface area contributed by atoms with Crippen molar-refractivity contribution in [2.45, 2.75) is 25.8 Å². The molecule has 0 aliphatic carbocycles. The van der Waals surface area contributed by atoms with Crippen LogP contribution in [0.1, 0.15) is 18.9 Å². The third kappa shape index (κ3) is 2.70. The Hall–Kier alpha value is -1.42. The molecule has 1 N–H and O–H groups in total. The van der Waals surface area contributed by atoms with Crippen LogP contribution >= 0.6 is 11.8 Å². The predicted octanol–water partition coefficient (Wildman–Crippen LogP) is 3.06. The number of nitrogens with one attached hydrogen (secondary N) is 1. The van der Waals surface area contributed by atoms with Gasteiger partial charge in [-0.2, -0.15) is 11.8 Å². The van der Waals surface area contributed by atoms with Crippen LogP contribution in [0.15, 0.2) is 30.5 Å². The summed E-state index contributed by atoms with van der Waals surface area (Å²) < 4.78 is 0. The average molecular weight is 288 g/mol. The number of amides is 1. The van der Waals surface area contributed by atoms with Crippen molar-refractivity contribution in [3.63, 3.8) is 0 Å². The zero-order valence-electron chi connectivity index (χ0n) is 11.8. The lowest BCUT2D eigenvalue weighted by molar-refractivity contribution is -0.132. The Bertz CT molecular complexity index is 607. The van der Waals surface area contributed by atoms with E-state index >= 15 is 0 Å². The fraction of sp³-hybridized carbons (Fsp3) is 0.438. The number of benzene rings is 1. The van der Waals surface area contributed by atoms with Gasteiger partial charge in [-0.3, -0.25) is 4.79 Å². The van der Waals surface area contributed by atoms with Crippen LogP contribution in [0.3, 0.4) is 0 Å². The number of hydrogen-bond donors (Lipinski definition) is 1. The molecule has 1 atom stereocenters. The maximum atomic E-state index is 12.3. The van der Waals surface area contributed by atoms with Crippen molar-refractivity contribution in [1.29, 1.82) is 0 Å². The number of aromatic amines is 1. The van der Waals surface area contributed by atoms with E-state index in [1.54, 1.807) is 0 Å². The smallest absolute Gasteiger partial charge is 0.223 e. The minimum absolute atomic E-state index is 0.295. The minimum atomic E-state index is 0.295. The summed E-state index contributed by atoms with van der Waals surface area (Å²) in [5.74, 6) is 2.44. The predicted molar refractivity (Wildman–Crippen MR) is 85.1 cm³/mol. The maximum absolute atomic E-state index is 12.3. The highest BCUT2D eigenvalue weighted by Gasteiger charge is 2.23. The van der Waals surface area contributed by atoms with Gasteiger partial charge in [0.15, 0.2) is 0 Å². The Morgan fingerprint density at radius 2 is 2.30 bits per heavy atom. The lowest BCUT2D eigenvalue weighted by Crippen LogP contribution is -2.44. The van der Waals surface area contributed by atoms with Crippen LogP contribution < -0.4 is 0 Å². The van der Waals surface area contributed by atoms with Gasteiger partial charge in [-0.25, -0.2) is 0 Å². The number of carbonyl (C=O) groups is 1. The summed E-state index contributed by atoms with van der Waals surface area (Å²) in [6, 6.07) is 8.65. The van der Waals surface area contributed by atoms with Gasteiger partial charge in [-0.1, -0.05) is 18.2 Å². The molecule has 0 radical (unpaired) electrons. The molecule has 1 amide bonds. The van der Waals surface area contributed by atoms with E-state index in [1.165, 1.54) is 10.9 Å². The minimum Gasteiger partial charge on any atom is -0.361 e. The van der Waals surface area contributed by atoms with E-state index in [0.717, 1.165) is 30.0 Å². The fourth-order valence-corrected chi connectivity index (χ4v) is 3.83. The summed E-state index contributed by atoms with van der Waals surface area (Å²) >= 11 is 1.94. The first-order valence-electron chi connectivity index (χ1n) is 7.18. The monoisotopic (exact) mass is 288 g/mol. The second-order valence-electron chi connectivity index (χ2n) is 5.37. The van der Waals surface area contributed by atoms with Gasteiger partial charge >= 0.3 is 0 Å². The van der Waals surface area contributed by atoms with Crippen molar-refractivity contribution in [3.8, 4) is 0 Å². The van der Waals surface area contributed by atoms with Crippen molar-refractivity contribution in [3.05, 3.63) is 36.0 Å². The van der Waals surface area contributed by atoms with E-state index < -0.39 is 0 Å². The molecule has 1 aliphatic heterocycles. The molecule has 1 unspecified atom stereocenters. The second-order valence-corrected chi connectivity index (χ2v) is 6.52. The van der Waals surface area contributed by atoms with E-state index in [-0.39, 0.29) is 0 Å². The van der Waals surface area contributed by atoms with Gasteiger partial charge in [0, 0.05) is 47.6 Å². The molecule has 1 saturated heterocycles. The molecule has 2 heterocycles. The number of hydrogen-bond acceptors (Lipinski definition) is 2. The summed E-state index contributed by atoms with van der Waals surface area (Å²) in [5.41, 5.74) is 2.39. The van der Waals surface area contributed by atoms with Crippen LogP contribution in [0.4, 0.5) is 0 Å². The number of H-pyrrole nitrogens is 1. The van der Waals surface area contributed by atoms with Crippen molar-refractivity contribution in [2.24, 2.45) is 0 Å².